The van der Waals surface area contributed by atoms with Crippen molar-refractivity contribution in [2.75, 3.05) is 13.6 Å². The van der Waals surface area contributed by atoms with Crippen molar-refractivity contribution >= 4 is 0 Å². The van der Waals surface area contributed by atoms with E-state index >= 15 is 0 Å². The molecule has 2 nitrogen and oxygen atoms in total. The summed E-state index contributed by atoms with van der Waals surface area (Å²) in [4.78, 5) is 4.36. The highest BCUT2D eigenvalue weighted by Gasteiger charge is 2.14. The fourth-order valence-electron chi connectivity index (χ4n) is 2.59. The second-order valence-corrected chi connectivity index (χ2v) is 5.44. The van der Waals surface area contributed by atoms with Crippen LogP contribution in [0.1, 0.15) is 34.6 Å². The molecule has 0 aliphatic rings. The zero-order valence-electron chi connectivity index (χ0n) is 12.7. The van der Waals surface area contributed by atoms with Gasteiger partial charge in [0.05, 0.1) is 0 Å². The zero-order valence-corrected chi connectivity index (χ0v) is 12.7. The predicted octanol–water partition coefficient (Wildman–Crippen LogP) is 3.63. The summed E-state index contributed by atoms with van der Waals surface area (Å²) < 4.78 is 0. The maximum absolute atomic E-state index is 4.36. The van der Waals surface area contributed by atoms with Gasteiger partial charge in [0.15, 0.2) is 0 Å². The second-order valence-electron chi connectivity index (χ2n) is 5.44. The molecule has 1 heterocycles. The normalized spacial score (nSPS) is 12.3. The third-order valence-corrected chi connectivity index (χ3v) is 4.05. The molecule has 2 aromatic rings. The van der Waals surface area contributed by atoms with Gasteiger partial charge in [0, 0.05) is 12.4 Å². The topological polar surface area (TPSA) is 24.9 Å². The average Bonchev–Trinajstić information content (AvgIpc) is 2.48. The fraction of sp³-hybridized carbons (Fsp3) is 0.389. The number of rotatable bonds is 6. The van der Waals surface area contributed by atoms with Crippen LogP contribution in [0.25, 0.3) is 0 Å². The van der Waals surface area contributed by atoms with E-state index in [1.54, 1.807) is 0 Å². The van der Waals surface area contributed by atoms with Crippen molar-refractivity contribution in [1.29, 1.82) is 0 Å². The van der Waals surface area contributed by atoms with Gasteiger partial charge in [0.25, 0.3) is 0 Å². The molecule has 0 spiro atoms. The Morgan fingerprint density at radius 3 is 2.55 bits per heavy atom. The molecule has 1 N–H and O–H groups in total. The SMILES string of the molecule is CNCCC(Cc1cncc(C)c1C)c1ccccc1. The van der Waals surface area contributed by atoms with Gasteiger partial charge in [-0.2, -0.15) is 0 Å². The smallest absolute Gasteiger partial charge is 0.0302 e. The van der Waals surface area contributed by atoms with Gasteiger partial charge >= 0.3 is 0 Å². The maximum atomic E-state index is 4.36. The van der Waals surface area contributed by atoms with Gasteiger partial charge in [0.1, 0.15) is 0 Å². The van der Waals surface area contributed by atoms with Gasteiger partial charge in [-0.15, -0.1) is 0 Å². The Morgan fingerprint density at radius 2 is 1.85 bits per heavy atom. The van der Waals surface area contributed by atoms with Crippen LogP contribution in [0.5, 0.6) is 0 Å². The molecule has 1 aromatic carbocycles. The molecule has 0 saturated heterocycles. The molecule has 0 fully saturated rings. The van der Waals surface area contributed by atoms with Crippen LogP contribution in [0.3, 0.4) is 0 Å². The Balaban J connectivity index is 2.21. The summed E-state index contributed by atoms with van der Waals surface area (Å²) in [6.45, 7) is 5.38. The van der Waals surface area contributed by atoms with Crippen molar-refractivity contribution in [2.45, 2.75) is 32.6 Å². The molecule has 20 heavy (non-hydrogen) atoms. The molecular formula is C18H24N2. The second kappa shape index (κ2) is 7.20. The van der Waals surface area contributed by atoms with Crippen LogP contribution in [0.4, 0.5) is 0 Å². The van der Waals surface area contributed by atoms with Gasteiger partial charge in [-0.3, -0.25) is 4.98 Å². The lowest BCUT2D eigenvalue weighted by molar-refractivity contribution is 0.591. The zero-order chi connectivity index (χ0) is 14.4. The van der Waals surface area contributed by atoms with E-state index in [2.05, 4.69) is 54.5 Å². The molecule has 106 valence electrons. The van der Waals surface area contributed by atoms with E-state index in [0.717, 1.165) is 19.4 Å². The van der Waals surface area contributed by atoms with Crippen LogP contribution in [-0.4, -0.2) is 18.6 Å². The minimum atomic E-state index is 0.547. The summed E-state index contributed by atoms with van der Waals surface area (Å²) in [7, 11) is 2.02. The quantitative estimate of drug-likeness (QED) is 0.865. The first kappa shape index (κ1) is 14.7. The van der Waals surface area contributed by atoms with Crippen molar-refractivity contribution in [3.8, 4) is 0 Å². The first-order chi connectivity index (χ1) is 9.72. The predicted molar refractivity (Wildman–Crippen MR) is 85.1 cm³/mol. The lowest BCUT2D eigenvalue weighted by Crippen LogP contribution is -2.14. The van der Waals surface area contributed by atoms with Crippen LogP contribution >= 0.6 is 0 Å². The summed E-state index contributed by atoms with van der Waals surface area (Å²) >= 11 is 0. The Labute approximate surface area is 122 Å². The van der Waals surface area contributed by atoms with Crippen LogP contribution in [-0.2, 0) is 6.42 Å². The van der Waals surface area contributed by atoms with Crippen LogP contribution in [0, 0.1) is 13.8 Å². The number of nitrogens with zero attached hydrogens (tertiary/aromatic N) is 1. The van der Waals surface area contributed by atoms with E-state index in [0.29, 0.717) is 5.92 Å². The van der Waals surface area contributed by atoms with Crippen molar-refractivity contribution < 1.29 is 0 Å². The summed E-state index contributed by atoms with van der Waals surface area (Å²) in [5.74, 6) is 0.547. The van der Waals surface area contributed by atoms with E-state index in [4.69, 9.17) is 0 Å². The summed E-state index contributed by atoms with van der Waals surface area (Å²) in [5, 5.41) is 3.26. The van der Waals surface area contributed by atoms with Gasteiger partial charge in [0.2, 0.25) is 0 Å². The minimum Gasteiger partial charge on any atom is -0.320 e. The van der Waals surface area contributed by atoms with Crippen LogP contribution < -0.4 is 5.32 Å². The van der Waals surface area contributed by atoms with Crippen molar-refractivity contribution in [3.63, 3.8) is 0 Å². The van der Waals surface area contributed by atoms with Crippen molar-refractivity contribution in [1.82, 2.24) is 10.3 Å². The lowest BCUT2D eigenvalue weighted by Gasteiger charge is -2.19. The molecule has 1 unspecified atom stereocenters. The molecule has 1 atom stereocenters. The molecule has 2 rings (SSSR count). The van der Waals surface area contributed by atoms with E-state index in [-0.39, 0.29) is 0 Å². The molecule has 1 aromatic heterocycles. The summed E-state index contributed by atoms with van der Waals surface area (Å²) in [6, 6.07) is 10.8. The molecule has 0 saturated carbocycles. The Morgan fingerprint density at radius 1 is 1.10 bits per heavy atom. The highest BCUT2D eigenvalue weighted by Crippen LogP contribution is 2.25. The number of hydrogen-bond acceptors (Lipinski definition) is 2. The molecule has 0 aliphatic carbocycles. The molecular weight excluding hydrogens is 244 g/mol. The maximum Gasteiger partial charge on any atom is 0.0302 e. The number of pyridine rings is 1. The molecule has 0 radical (unpaired) electrons. The minimum absolute atomic E-state index is 0.547. The number of aryl methyl sites for hydroxylation is 1. The Hall–Kier alpha value is -1.67. The third-order valence-electron chi connectivity index (χ3n) is 4.05. The van der Waals surface area contributed by atoms with Gasteiger partial charge in [-0.05, 0) is 68.5 Å². The number of aromatic nitrogens is 1. The Bertz CT molecular complexity index is 534. The first-order valence-electron chi connectivity index (χ1n) is 7.32. The molecule has 0 amide bonds. The first-order valence-corrected chi connectivity index (χ1v) is 7.32. The summed E-state index contributed by atoms with van der Waals surface area (Å²) in [6.07, 6.45) is 6.18. The monoisotopic (exact) mass is 268 g/mol. The third kappa shape index (κ3) is 3.67. The van der Waals surface area contributed by atoms with Gasteiger partial charge in [-0.25, -0.2) is 0 Å². The fourth-order valence-corrected chi connectivity index (χ4v) is 2.59. The lowest BCUT2D eigenvalue weighted by atomic mass is 9.88. The molecule has 2 heteroatoms. The van der Waals surface area contributed by atoms with Gasteiger partial charge < -0.3 is 5.32 Å². The standard InChI is InChI=1S/C18H24N2/c1-14-12-20-13-18(15(14)2)11-17(9-10-19-3)16-7-5-4-6-8-16/h4-8,12-13,17,19H,9-11H2,1-3H3. The van der Waals surface area contributed by atoms with Crippen LogP contribution in [0.15, 0.2) is 42.7 Å². The van der Waals surface area contributed by atoms with E-state index < -0.39 is 0 Å². The van der Waals surface area contributed by atoms with Crippen LogP contribution in [0.2, 0.25) is 0 Å². The number of hydrogen-bond donors (Lipinski definition) is 1. The highest BCUT2D eigenvalue weighted by molar-refractivity contribution is 5.32. The van der Waals surface area contributed by atoms with Crippen molar-refractivity contribution in [2.24, 2.45) is 0 Å². The van der Waals surface area contributed by atoms with Gasteiger partial charge in [-0.1, -0.05) is 30.3 Å². The van der Waals surface area contributed by atoms with E-state index in [1.165, 1.54) is 22.3 Å². The average molecular weight is 268 g/mol. The van der Waals surface area contributed by atoms with E-state index in [1.807, 2.05) is 19.4 Å². The largest absolute Gasteiger partial charge is 0.320 e. The molecule has 0 bridgehead atoms. The molecule has 0 aliphatic heterocycles. The summed E-state index contributed by atoms with van der Waals surface area (Å²) in [5.41, 5.74) is 5.45. The number of benzene rings is 1. The van der Waals surface area contributed by atoms with Crippen molar-refractivity contribution in [3.05, 3.63) is 65.0 Å². The number of nitrogens with one attached hydrogen (secondary N) is 1. The van der Waals surface area contributed by atoms with E-state index in [9.17, 15) is 0 Å². The highest BCUT2D eigenvalue weighted by atomic mass is 14.8. The Kier molecular flexibility index (Phi) is 5.31.